The first kappa shape index (κ1) is 19.8. The highest BCUT2D eigenvalue weighted by molar-refractivity contribution is 5.79. The van der Waals surface area contributed by atoms with Gasteiger partial charge in [0.25, 0.3) is 0 Å². The molecule has 0 aliphatic carbocycles. The van der Waals surface area contributed by atoms with E-state index in [1.165, 1.54) is 0 Å². The monoisotopic (exact) mass is 375 g/mol. The highest BCUT2D eigenvalue weighted by Crippen LogP contribution is 2.30. The first-order valence-electron chi connectivity index (χ1n) is 9.99. The SMILES string of the molecule is CCNC(=NCC(C)N1CCN(C)CC1)NCC1COc2ccccc2O1. The Morgan fingerprint density at radius 2 is 1.93 bits per heavy atom. The zero-order valence-corrected chi connectivity index (χ0v) is 16.8. The molecule has 7 nitrogen and oxygen atoms in total. The molecule has 2 aliphatic heterocycles. The van der Waals surface area contributed by atoms with Crippen LogP contribution in [0, 0.1) is 0 Å². The summed E-state index contributed by atoms with van der Waals surface area (Å²) in [6.07, 6.45) is -0.0289. The van der Waals surface area contributed by atoms with Gasteiger partial charge in [0.05, 0.1) is 13.1 Å². The smallest absolute Gasteiger partial charge is 0.191 e. The van der Waals surface area contributed by atoms with Gasteiger partial charge in [-0.1, -0.05) is 12.1 Å². The summed E-state index contributed by atoms with van der Waals surface area (Å²) in [5.74, 6) is 2.46. The average molecular weight is 376 g/mol. The quantitative estimate of drug-likeness (QED) is 0.572. The van der Waals surface area contributed by atoms with E-state index in [9.17, 15) is 0 Å². The van der Waals surface area contributed by atoms with Gasteiger partial charge in [0.1, 0.15) is 12.7 Å². The first-order valence-corrected chi connectivity index (χ1v) is 9.99. The molecule has 2 heterocycles. The molecule has 1 aromatic carbocycles. The van der Waals surface area contributed by atoms with E-state index in [2.05, 4.69) is 41.3 Å². The minimum atomic E-state index is -0.0289. The number of benzene rings is 1. The number of hydrogen-bond donors (Lipinski definition) is 2. The van der Waals surface area contributed by atoms with Crippen LogP contribution in [0.1, 0.15) is 13.8 Å². The second-order valence-corrected chi connectivity index (χ2v) is 7.29. The molecule has 0 spiro atoms. The predicted molar refractivity (Wildman–Crippen MR) is 109 cm³/mol. The summed E-state index contributed by atoms with van der Waals surface area (Å²) in [6.45, 7) is 11.6. The number of likely N-dealkylation sites (N-methyl/N-ethyl adjacent to an activating group) is 1. The Kier molecular flexibility index (Phi) is 7.18. The van der Waals surface area contributed by atoms with Gasteiger partial charge in [0, 0.05) is 38.8 Å². The van der Waals surface area contributed by atoms with E-state index in [1.807, 2.05) is 24.3 Å². The van der Waals surface area contributed by atoms with E-state index in [1.54, 1.807) is 0 Å². The maximum absolute atomic E-state index is 6.01. The van der Waals surface area contributed by atoms with Gasteiger partial charge in [-0.2, -0.15) is 0 Å². The zero-order valence-electron chi connectivity index (χ0n) is 16.8. The van der Waals surface area contributed by atoms with Gasteiger partial charge in [0.15, 0.2) is 17.5 Å². The van der Waals surface area contributed by atoms with Crippen LogP contribution in [0.2, 0.25) is 0 Å². The molecule has 3 rings (SSSR count). The molecule has 1 saturated heterocycles. The lowest BCUT2D eigenvalue weighted by molar-refractivity contribution is 0.0935. The van der Waals surface area contributed by atoms with Crippen molar-refractivity contribution in [1.29, 1.82) is 0 Å². The van der Waals surface area contributed by atoms with E-state index in [4.69, 9.17) is 14.5 Å². The van der Waals surface area contributed by atoms with Gasteiger partial charge in [-0.3, -0.25) is 9.89 Å². The second kappa shape index (κ2) is 9.80. The maximum atomic E-state index is 6.01. The molecule has 0 saturated carbocycles. The standard InChI is InChI=1S/C20H33N5O2/c1-4-21-20(22-13-16(2)25-11-9-24(3)10-12-25)23-14-17-15-26-18-7-5-6-8-19(18)27-17/h5-8,16-17H,4,9-15H2,1-3H3,(H2,21,22,23). The minimum Gasteiger partial charge on any atom is -0.486 e. The molecule has 2 aliphatic rings. The van der Waals surface area contributed by atoms with E-state index in [0.717, 1.165) is 56.7 Å². The van der Waals surface area contributed by atoms with E-state index in [-0.39, 0.29) is 6.10 Å². The number of hydrogen-bond acceptors (Lipinski definition) is 5. The molecule has 27 heavy (non-hydrogen) atoms. The summed E-state index contributed by atoms with van der Waals surface area (Å²) in [5.41, 5.74) is 0. The van der Waals surface area contributed by atoms with Crippen molar-refractivity contribution in [2.75, 3.05) is 59.5 Å². The normalized spacial score (nSPS) is 22.3. The van der Waals surface area contributed by atoms with Crippen LogP contribution in [0.25, 0.3) is 0 Å². The number of aliphatic imine (C=N–C) groups is 1. The third-order valence-corrected chi connectivity index (χ3v) is 5.08. The Labute approximate surface area is 162 Å². The number of para-hydroxylation sites is 2. The van der Waals surface area contributed by atoms with Crippen molar-refractivity contribution in [2.24, 2.45) is 4.99 Å². The fourth-order valence-corrected chi connectivity index (χ4v) is 3.32. The van der Waals surface area contributed by atoms with Crippen molar-refractivity contribution >= 4 is 5.96 Å². The number of rotatable bonds is 6. The largest absolute Gasteiger partial charge is 0.486 e. The maximum Gasteiger partial charge on any atom is 0.191 e. The van der Waals surface area contributed by atoms with Gasteiger partial charge in [-0.25, -0.2) is 0 Å². The number of fused-ring (bicyclic) bond motifs is 1. The molecule has 2 N–H and O–H groups in total. The lowest BCUT2D eigenvalue weighted by Crippen LogP contribution is -2.49. The Hall–Kier alpha value is -1.99. The number of ether oxygens (including phenoxy) is 2. The number of nitrogens with zero attached hydrogens (tertiary/aromatic N) is 3. The van der Waals surface area contributed by atoms with Crippen molar-refractivity contribution in [3.8, 4) is 11.5 Å². The molecule has 150 valence electrons. The highest BCUT2D eigenvalue weighted by atomic mass is 16.6. The summed E-state index contributed by atoms with van der Waals surface area (Å²) < 4.78 is 11.8. The molecule has 1 aromatic rings. The van der Waals surface area contributed by atoms with Crippen molar-refractivity contribution in [3.05, 3.63) is 24.3 Å². The molecule has 0 amide bonds. The lowest BCUT2D eigenvalue weighted by atomic mass is 10.2. The van der Waals surface area contributed by atoms with Gasteiger partial charge in [-0.15, -0.1) is 0 Å². The van der Waals surface area contributed by atoms with Crippen molar-refractivity contribution < 1.29 is 9.47 Å². The van der Waals surface area contributed by atoms with E-state index >= 15 is 0 Å². The van der Waals surface area contributed by atoms with Crippen LogP contribution in [-0.4, -0.2) is 87.4 Å². The van der Waals surface area contributed by atoms with Crippen LogP contribution in [0.5, 0.6) is 11.5 Å². The van der Waals surface area contributed by atoms with Crippen LogP contribution in [0.15, 0.2) is 29.3 Å². The fraction of sp³-hybridized carbons (Fsp3) is 0.650. The second-order valence-electron chi connectivity index (χ2n) is 7.29. The van der Waals surface area contributed by atoms with Crippen molar-refractivity contribution in [2.45, 2.75) is 26.0 Å². The summed E-state index contributed by atoms with van der Waals surface area (Å²) in [4.78, 5) is 9.67. The molecular formula is C20H33N5O2. The Morgan fingerprint density at radius 3 is 2.67 bits per heavy atom. The van der Waals surface area contributed by atoms with Crippen molar-refractivity contribution in [1.82, 2.24) is 20.4 Å². The summed E-state index contributed by atoms with van der Waals surface area (Å²) in [5, 5.41) is 6.72. The summed E-state index contributed by atoms with van der Waals surface area (Å²) in [7, 11) is 2.18. The molecule has 0 bridgehead atoms. The molecule has 0 aromatic heterocycles. The number of piperazine rings is 1. The molecule has 0 radical (unpaired) electrons. The van der Waals surface area contributed by atoms with Crippen LogP contribution in [0.3, 0.4) is 0 Å². The summed E-state index contributed by atoms with van der Waals surface area (Å²) >= 11 is 0. The Balaban J connectivity index is 1.48. The van der Waals surface area contributed by atoms with Crippen molar-refractivity contribution in [3.63, 3.8) is 0 Å². The minimum absolute atomic E-state index is 0.0289. The molecule has 1 fully saturated rings. The van der Waals surface area contributed by atoms with Crippen LogP contribution < -0.4 is 20.1 Å². The Morgan fingerprint density at radius 1 is 1.19 bits per heavy atom. The van der Waals surface area contributed by atoms with Gasteiger partial charge in [0.2, 0.25) is 0 Å². The third kappa shape index (κ3) is 5.74. The van der Waals surface area contributed by atoms with Crippen LogP contribution in [0.4, 0.5) is 0 Å². The predicted octanol–water partition coefficient (Wildman–Crippen LogP) is 1.02. The van der Waals surface area contributed by atoms with Gasteiger partial charge < -0.3 is 25.0 Å². The topological polar surface area (TPSA) is 61.4 Å². The average Bonchev–Trinajstić information content (AvgIpc) is 2.70. The van der Waals surface area contributed by atoms with E-state index < -0.39 is 0 Å². The third-order valence-electron chi connectivity index (χ3n) is 5.08. The number of nitrogens with one attached hydrogen (secondary N) is 2. The zero-order chi connectivity index (χ0) is 19.1. The van der Waals surface area contributed by atoms with E-state index in [0.29, 0.717) is 19.2 Å². The van der Waals surface area contributed by atoms with Crippen LogP contribution in [-0.2, 0) is 0 Å². The van der Waals surface area contributed by atoms with Gasteiger partial charge >= 0.3 is 0 Å². The molecule has 7 heteroatoms. The lowest BCUT2D eigenvalue weighted by Gasteiger charge is -2.36. The molecular weight excluding hydrogens is 342 g/mol. The summed E-state index contributed by atoms with van der Waals surface area (Å²) in [6, 6.07) is 8.24. The molecule has 2 atom stereocenters. The first-order chi connectivity index (χ1) is 13.2. The number of guanidine groups is 1. The van der Waals surface area contributed by atoms with Crippen LogP contribution >= 0.6 is 0 Å². The highest BCUT2D eigenvalue weighted by Gasteiger charge is 2.21. The van der Waals surface area contributed by atoms with Gasteiger partial charge in [-0.05, 0) is 33.0 Å². The molecule has 2 unspecified atom stereocenters. The Bertz CT molecular complexity index is 616. The fourth-order valence-electron chi connectivity index (χ4n) is 3.32.